The average molecular weight is 303 g/mol. The quantitative estimate of drug-likeness (QED) is 0.647. The van der Waals surface area contributed by atoms with Crippen molar-refractivity contribution in [3.8, 4) is 0 Å². The molecule has 2 amide bonds. The Labute approximate surface area is 131 Å². The molecule has 1 aromatic rings. The van der Waals surface area contributed by atoms with Gasteiger partial charge in [0.25, 0.3) is 0 Å². The largest absolute Gasteiger partial charge is 0.376 e. The molecule has 5 heteroatoms. The highest BCUT2D eigenvalue weighted by Gasteiger charge is 2.29. The normalized spacial score (nSPS) is 13.5. The van der Waals surface area contributed by atoms with Crippen molar-refractivity contribution in [3.63, 3.8) is 0 Å². The lowest BCUT2D eigenvalue weighted by molar-refractivity contribution is -0.119. The summed E-state index contributed by atoms with van der Waals surface area (Å²) in [7, 11) is 0. The van der Waals surface area contributed by atoms with Gasteiger partial charge in [-0.3, -0.25) is 9.59 Å². The Morgan fingerprint density at radius 1 is 1.23 bits per heavy atom. The number of carbonyl (C=O) groups excluding carboxylic acids is 2. The van der Waals surface area contributed by atoms with Crippen LogP contribution >= 0.6 is 0 Å². The zero-order valence-corrected chi connectivity index (χ0v) is 13.4. The molecular formula is C17H25N3O2. The van der Waals surface area contributed by atoms with Crippen LogP contribution in [0.2, 0.25) is 0 Å². The first-order valence-electron chi connectivity index (χ1n) is 8.03. The summed E-state index contributed by atoms with van der Waals surface area (Å²) in [6, 6.07) is 5.69. The number of carbonyl (C=O) groups is 2. The minimum Gasteiger partial charge on any atom is -0.376 e. The Bertz CT molecular complexity index is 539. The molecule has 5 nitrogen and oxygen atoms in total. The van der Waals surface area contributed by atoms with E-state index in [-0.39, 0.29) is 24.3 Å². The van der Waals surface area contributed by atoms with Crippen LogP contribution in [0.15, 0.2) is 18.2 Å². The molecule has 0 saturated heterocycles. The zero-order valence-electron chi connectivity index (χ0n) is 13.4. The fourth-order valence-electron chi connectivity index (χ4n) is 2.19. The molecule has 0 bridgehead atoms. The van der Waals surface area contributed by atoms with Crippen LogP contribution in [0.1, 0.15) is 38.2 Å². The molecule has 1 aromatic carbocycles. The van der Waals surface area contributed by atoms with Crippen LogP contribution in [0.25, 0.3) is 0 Å². The van der Waals surface area contributed by atoms with Crippen molar-refractivity contribution < 1.29 is 9.59 Å². The summed E-state index contributed by atoms with van der Waals surface area (Å²) in [6.07, 6.45) is 4.03. The molecule has 1 fully saturated rings. The SMILES string of the molecule is CCCCNC(=O)CNc1cccc(NC(=O)C2CC2)c1C. The average Bonchev–Trinajstić information content (AvgIpc) is 3.33. The number of benzene rings is 1. The van der Waals surface area contributed by atoms with Crippen molar-refractivity contribution in [2.45, 2.75) is 39.5 Å². The van der Waals surface area contributed by atoms with Gasteiger partial charge in [-0.1, -0.05) is 19.4 Å². The van der Waals surface area contributed by atoms with Gasteiger partial charge in [0.1, 0.15) is 0 Å². The van der Waals surface area contributed by atoms with E-state index in [1.807, 2.05) is 25.1 Å². The van der Waals surface area contributed by atoms with E-state index in [4.69, 9.17) is 0 Å². The van der Waals surface area contributed by atoms with Gasteiger partial charge >= 0.3 is 0 Å². The molecule has 1 aliphatic carbocycles. The van der Waals surface area contributed by atoms with Gasteiger partial charge in [0.05, 0.1) is 6.54 Å². The van der Waals surface area contributed by atoms with Crippen molar-refractivity contribution in [2.24, 2.45) is 5.92 Å². The van der Waals surface area contributed by atoms with Crippen molar-refractivity contribution in [2.75, 3.05) is 23.7 Å². The standard InChI is InChI=1S/C17H25N3O2/c1-3-4-10-18-16(21)11-19-14-6-5-7-15(12(14)2)20-17(22)13-8-9-13/h5-7,13,19H,3-4,8-11H2,1-2H3,(H,18,21)(H,20,22). The maximum absolute atomic E-state index is 11.9. The molecular weight excluding hydrogens is 278 g/mol. The van der Waals surface area contributed by atoms with Crippen LogP contribution in [0, 0.1) is 12.8 Å². The Morgan fingerprint density at radius 3 is 2.64 bits per heavy atom. The van der Waals surface area contributed by atoms with E-state index in [0.29, 0.717) is 6.54 Å². The molecule has 22 heavy (non-hydrogen) atoms. The summed E-state index contributed by atoms with van der Waals surface area (Å²) in [6.45, 7) is 4.99. The van der Waals surface area contributed by atoms with E-state index in [0.717, 1.165) is 42.6 Å². The van der Waals surface area contributed by atoms with Crippen LogP contribution in [0.3, 0.4) is 0 Å². The second-order valence-electron chi connectivity index (χ2n) is 5.80. The van der Waals surface area contributed by atoms with Gasteiger partial charge in [-0.2, -0.15) is 0 Å². The van der Waals surface area contributed by atoms with Gasteiger partial charge in [0.2, 0.25) is 11.8 Å². The Morgan fingerprint density at radius 2 is 1.95 bits per heavy atom. The van der Waals surface area contributed by atoms with Gasteiger partial charge in [-0.15, -0.1) is 0 Å². The lowest BCUT2D eigenvalue weighted by Crippen LogP contribution is -2.30. The van der Waals surface area contributed by atoms with E-state index in [2.05, 4.69) is 22.9 Å². The second-order valence-corrected chi connectivity index (χ2v) is 5.80. The third-order valence-corrected chi connectivity index (χ3v) is 3.83. The summed E-state index contributed by atoms with van der Waals surface area (Å²) in [5.41, 5.74) is 2.64. The summed E-state index contributed by atoms with van der Waals surface area (Å²) in [4.78, 5) is 23.6. The molecule has 1 aliphatic rings. The highest BCUT2D eigenvalue weighted by Crippen LogP contribution is 2.31. The van der Waals surface area contributed by atoms with E-state index < -0.39 is 0 Å². The number of hydrogen-bond acceptors (Lipinski definition) is 3. The van der Waals surface area contributed by atoms with Crippen molar-refractivity contribution in [1.82, 2.24) is 5.32 Å². The predicted octanol–water partition coefficient (Wildman–Crippen LogP) is 2.67. The first-order chi connectivity index (χ1) is 10.6. The van der Waals surface area contributed by atoms with Crippen LogP contribution in [-0.4, -0.2) is 24.9 Å². The lowest BCUT2D eigenvalue weighted by atomic mass is 10.1. The van der Waals surface area contributed by atoms with Gasteiger partial charge in [-0.25, -0.2) is 0 Å². The molecule has 0 atom stereocenters. The molecule has 2 rings (SSSR count). The van der Waals surface area contributed by atoms with Gasteiger partial charge in [-0.05, 0) is 43.9 Å². The molecule has 0 radical (unpaired) electrons. The van der Waals surface area contributed by atoms with E-state index in [9.17, 15) is 9.59 Å². The Kier molecular flexibility index (Phi) is 5.81. The third kappa shape index (κ3) is 4.76. The van der Waals surface area contributed by atoms with Crippen molar-refractivity contribution in [3.05, 3.63) is 23.8 Å². The maximum Gasteiger partial charge on any atom is 0.239 e. The van der Waals surface area contributed by atoms with Crippen molar-refractivity contribution in [1.29, 1.82) is 0 Å². The van der Waals surface area contributed by atoms with E-state index in [1.165, 1.54) is 0 Å². The number of unbranched alkanes of at least 4 members (excludes halogenated alkanes) is 1. The molecule has 0 heterocycles. The first kappa shape index (κ1) is 16.3. The molecule has 0 aliphatic heterocycles. The first-order valence-corrected chi connectivity index (χ1v) is 8.03. The van der Waals surface area contributed by atoms with Crippen LogP contribution in [0.5, 0.6) is 0 Å². The molecule has 120 valence electrons. The maximum atomic E-state index is 11.9. The molecule has 0 unspecified atom stereocenters. The van der Waals surface area contributed by atoms with E-state index in [1.54, 1.807) is 0 Å². The Hall–Kier alpha value is -2.04. The summed E-state index contributed by atoms with van der Waals surface area (Å²) in [5, 5.41) is 8.97. The minimum absolute atomic E-state index is 0.0136. The monoisotopic (exact) mass is 303 g/mol. The van der Waals surface area contributed by atoms with E-state index >= 15 is 0 Å². The fraction of sp³-hybridized carbons (Fsp3) is 0.529. The highest BCUT2D eigenvalue weighted by molar-refractivity contribution is 5.95. The topological polar surface area (TPSA) is 70.2 Å². The second kappa shape index (κ2) is 7.82. The van der Waals surface area contributed by atoms with Crippen LogP contribution in [-0.2, 0) is 9.59 Å². The van der Waals surface area contributed by atoms with Gasteiger partial charge in [0, 0.05) is 23.8 Å². The summed E-state index contributed by atoms with van der Waals surface area (Å²) in [5.74, 6) is 0.262. The fourth-order valence-corrected chi connectivity index (χ4v) is 2.19. The van der Waals surface area contributed by atoms with Gasteiger partial charge < -0.3 is 16.0 Å². The predicted molar refractivity (Wildman–Crippen MR) is 88.9 cm³/mol. The van der Waals surface area contributed by atoms with Crippen LogP contribution < -0.4 is 16.0 Å². The number of anilines is 2. The third-order valence-electron chi connectivity index (χ3n) is 3.83. The summed E-state index contributed by atoms with van der Waals surface area (Å²) < 4.78 is 0. The molecule has 1 saturated carbocycles. The number of nitrogens with one attached hydrogen (secondary N) is 3. The number of rotatable bonds is 8. The summed E-state index contributed by atoms with van der Waals surface area (Å²) >= 11 is 0. The zero-order chi connectivity index (χ0) is 15.9. The smallest absolute Gasteiger partial charge is 0.239 e. The highest BCUT2D eigenvalue weighted by atomic mass is 16.2. The minimum atomic E-state index is -0.0136. The number of hydrogen-bond donors (Lipinski definition) is 3. The molecule has 0 aromatic heterocycles. The number of amides is 2. The molecule has 3 N–H and O–H groups in total. The van der Waals surface area contributed by atoms with Crippen LogP contribution in [0.4, 0.5) is 11.4 Å². The lowest BCUT2D eigenvalue weighted by Gasteiger charge is -2.14. The molecule has 0 spiro atoms. The van der Waals surface area contributed by atoms with Gasteiger partial charge in [0.15, 0.2) is 0 Å². The van der Waals surface area contributed by atoms with Crippen molar-refractivity contribution >= 4 is 23.2 Å². The Balaban J connectivity index is 1.88.